The van der Waals surface area contributed by atoms with E-state index in [2.05, 4.69) is 62.2 Å². The van der Waals surface area contributed by atoms with E-state index in [1.54, 1.807) is 11.1 Å². The van der Waals surface area contributed by atoms with Crippen molar-refractivity contribution in [1.29, 1.82) is 0 Å². The zero-order valence-corrected chi connectivity index (χ0v) is 12.6. The monoisotopic (exact) mass is 263 g/mol. The fraction of sp³-hybridized carbons (Fsp3) is 0.625. The minimum atomic E-state index is 0.655. The van der Waals surface area contributed by atoms with Crippen LogP contribution in [0.4, 0.5) is 0 Å². The zero-order valence-electron chi connectivity index (χ0n) is 11.8. The number of thioether (sulfide) groups is 1. The number of nitrogens with one attached hydrogen (secondary N) is 1. The molecule has 100 valence electrons. The first-order valence-electron chi connectivity index (χ1n) is 7.11. The summed E-state index contributed by atoms with van der Waals surface area (Å²) in [5.41, 5.74) is 3.15. The molecule has 2 heteroatoms. The maximum absolute atomic E-state index is 3.49. The predicted molar refractivity (Wildman–Crippen MR) is 82.6 cm³/mol. The Morgan fingerprint density at radius 3 is 2.83 bits per heavy atom. The second-order valence-corrected chi connectivity index (χ2v) is 6.84. The lowest BCUT2D eigenvalue weighted by Gasteiger charge is -2.33. The van der Waals surface area contributed by atoms with Crippen LogP contribution in [0.25, 0.3) is 0 Å². The van der Waals surface area contributed by atoms with Crippen LogP contribution in [0, 0.1) is 0 Å². The number of hydrogen-bond acceptors (Lipinski definition) is 2. The maximum atomic E-state index is 3.49. The lowest BCUT2D eigenvalue weighted by Crippen LogP contribution is -2.33. The van der Waals surface area contributed by atoms with Crippen molar-refractivity contribution in [2.75, 3.05) is 12.8 Å². The van der Waals surface area contributed by atoms with Crippen molar-refractivity contribution in [2.24, 2.45) is 0 Å². The average Bonchev–Trinajstić information content (AvgIpc) is 2.39. The van der Waals surface area contributed by atoms with Crippen molar-refractivity contribution in [3.8, 4) is 0 Å². The van der Waals surface area contributed by atoms with Crippen LogP contribution >= 0.6 is 11.8 Å². The smallest absolute Gasteiger partial charge is 0.0161 e. The molecule has 0 spiro atoms. The zero-order chi connectivity index (χ0) is 13.0. The summed E-state index contributed by atoms with van der Waals surface area (Å²) in [4.78, 5) is 0. The third-order valence-electron chi connectivity index (χ3n) is 4.10. The van der Waals surface area contributed by atoms with Crippen molar-refractivity contribution < 1.29 is 0 Å². The second-order valence-electron chi connectivity index (χ2n) is 5.37. The molecule has 1 aliphatic carbocycles. The first-order valence-corrected chi connectivity index (χ1v) is 8.16. The first-order chi connectivity index (χ1) is 8.74. The fourth-order valence-corrected chi connectivity index (χ4v) is 3.68. The molecule has 0 heterocycles. The predicted octanol–water partition coefficient (Wildman–Crippen LogP) is 3.84. The fourth-order valence-electron chi connectivity index (χ4n) is 2.58. The van der Waals surface area contributed by atoms with E-state index in [0.717, 1.165) is 11.2 Å². The Balaban J connectivity index is 1.82. The van der Waals surface area contributed by atoms with Gasteiger partial charge in [0.15, 0.2) is 0 Å². The van der Waals surface area contributed by atoms with E-state index in [-0.39, 0.29) is 0 Å². The van der Waals surface area contributed by atoms with Gasteiger partial charge in [0.2, 0.25) is 0 Å². The van der Waals surface area contributed by atoms with Gasteiger partial charge in [0, 0.05) is 17.0 Å². The van der Waals surface area contributed by atoms with Crippen LogP contribution in [0.3, 0.4) is 0 Å². The third kappa shape index (κ3) is 3.30. The van der Waals surface area contributed by atoms with E-state index in [9.17, 15) is 0 Å². The van der Waals surface area contributed by atoms with E-state index in [1.807, 2.05) is 0 Å². The van der Waals surface area contributed by atoms with Crippen LogP contribution < -0.4 is 5.32 Å². The Bertz CT molecular complexity index is 377. The van der Waals surface area contributed by atoms with Gasteiger partial charge in [-0.2, -0.15) is 11.8 Å². The summed E-state index contributed by atoms with van der Waals surface area (Å²) in [6.45, 7) is 4.60. The second kappa shape index (κ2) is 6.63. The molecule has 1 N–H and O–H groups in total. The Kier molecular flexibility index (Phi) is 5.13. The largest absolute Gasteiger partial charge is 0.316 e. The summed E-state index contributed by atoms with van der Waals surface area (Å²) in [5.74, 6) is 2.03. The standard InChI is InChI=1S/C16H25NS/c1-4-12(2)18-11-15(17-3)10-14-9-13-7-5-6-8-16(13)14/h5-8,12,14-15,17H,4,9-11H2,1-3H3. The van der Waals surface area contributed by atoms with Crippen LogP contribution in [0.2, 0.25) is 0 Å². The molecule has 1 aliphatic rings. The van der Waals surface area contributed by atoms with E-state index >= 15 is 0 Å². The molecule has 0 radical (unpaired) electrons. The van der Waals surface area contributed by atoms with Crippen LogP contribution in [0.15, 0.2) is 24.3 Å². The van der Waals surface area contributed by atoms with Crippen LogP contribution in [-0.2, 0) is 6.42 Å². The number of benzene rings is 1. The average molecular weight is 263 g/mol. The van der Waals surface area contributed by atoms with E-state index in [0.29, 0.717) is 6.04 Å². The molecular weight excluding hydrogens is 238 g/mol. The van der Waals surface area contributed by atoms with Gasteiger partial charge in [-0.1, -0.05) is 38.1 Å². The van der Waals surface area contributed by atoms with Crippen LogP contribution in [0.1, 0.15) is 43.7 Å². The summed E-state index contributed by atoms with van der Waals surface area (Å²) < 4.78 is 0. The highest BCUT2D eigenvalue weighted by Gasteiger charge is 2.27. The molecule has 0 saturated heterocycles. The number of hydrogen-bond donors (Lipinski definition) is 1. The summed E-state index contributed by atoms with van der Waals surface area (Å²) in [6, 6.07) is 9.56. The SMILES string of the molecule is CCC(C)SCC(CC1Cc2ccccc21)NC. The van der Waals surface area contributed by atoms with Gasteiger partial charge in [-0.15, -0.1) is 0 Å². The van der Waals surface area contributed by atoms with Gasteiger partial charge in [0.05, 0.1) is 0 Å². The normalized spacial score (nSPS) is 20.9. The lowest BCUT2D eigenvalue weighted by atomic mass is 9.74. The first kappa shape index (κ1) is 14.0. The van der Waals surface area contributed by atoms with Gasteiger partial charge in [0.1, 0.15) is 0 Å². The Hall–Kier alpha value is -0.470. The topological polar surface area (TPSA) is 12.0 Å². The maximum Gasteiger partial charge on any atom is 0.0161 e. The Morgan fingerprint density at radius 2 is 2.17 bits per heavy atom. The van der Waals surface area contributed by atoms with Crippen LogP contribution in [-0.4, -0.2) is 24.1 Å². The van der Waals surface area contributed by atoms with Gasteiger partial charge in [-0.3, -0.25) is 0 Å². The molecule has 0 aliphatic heterocycles. The molecule has 1 nitrogen and oxygen atoms in total. The summed E-state index contributed by atoms with van der Waals surface area (Å²) >= 11 is 2.10. The van der Waals surface area contributed by atoms with Crippen LogP contribution in [0.5, 0.6) is 0 Å². The molecule has 0 bridgehead atoms. The molecule has 0 aromatic heterocycles. The Labute approximate surface area is 116 Å². The molecule has 3 atom stereocenters. The number of rotatable bonds is 7. The highest BCUT2D eigenvalue weighted by Crippen LogP contribution is 2.38. The van der Waals surface area contributed by atoms with Gasteiger partial charge in [-0.25, -0.2) is 0 Å². The Morgan fingerprint density at radius 1 is 1.39 bits per heavy atom. The summed E-state index contributed by atoms with van der Waals surface area (Å²) in [6.07, 6.45) is 3.84. The summed E-state index contributed by atoms with van der Waals surface area (Å²) in [7, 11) is 2.10. The summed E-state index contributed by atoms with van der Waals surface area (Å²) in [5, 5.41) is 4.28. The van der Waals surface area contributed by atoms with Crippen molar-refractivity contribution >= 4 is 11.8 Å². The molecule has 18 heavy (non-hydrogen) atoms. The molecule has 3 unspecified atom stereocenters. The molecule has 0 saturated carbocycles. The van der Waals surface area contributed by atoms with E-state index in [1.165, 1.54) is 25.0 Å². The highest BCUT2D eigenvalue weighted by atomic mass is 32.2. The lowest BCUT2D eigenvalue weighted by molar-refractivity contribution is 0.468. The minimum absolute atomic E-state index is 0.655. The van der Waals surface area contributed by atoms with Crippen molar-refractivity contribution in [3.63, 3.8) is 0 Å². The molecule has 1 aromatic rings. The van der Waals surface area contributed by atoms with Gasteiger partial charge >= 0.3 is 0 Å². The molecule has 2 rings (SSSR count). The molecule has 1 aromatic carbocycles. The van der Waals surface area contributed by atoms with E-state index < -0.39 is 0 Å². The number of fused-ring (bicyclic) bond motifs is 1. The molecular formula is C16H25NS. The van der Waals surface area contributed by atoms with E-state index in [4.69, 9.17) is 0 Å². The van der Waals surface area contributed by atoms with Crippen molar-refractivity contribution in [3.05, 3.63) is 35.4 Å². The highest BCUT2D eigenvalue weighted by molar-refractivity contribution is 7.99. The quantitative estimate of drug-likeness (QED) is 0.802. The van der Waals surface area contributed by atoms with Crippen molar-refractivity contribution in [1.82, 2.24) is 5.32 Å². The minimum Gasteiger partial charge on any atom is -0.316 e. The third-order valence-corrected chi connectivity index (χ3v) is 5.59. The van der Waals surface area contributed by atoms with Crippen molar-refractivity contribution in [2.45, 2.75) is 50.3 Å². The van der Waals surface area contributed by atoms with Gasteiger partial charge in [0.25, 0.3) is 0 Å². The van der Waals surface area contributed by atoms with Gasteiger partial charge in [-0.05, 0) is 43.4 Å². The van der Waals surface area contributed by atoms with Gasteiger partial charge < -0.3 is 5.32 Å². The molecule has 0 amide bonds. The molecule has 0 fully saturated rings.